The summed E-state index contributed by atoms with van der Waals surface area (Å²) in [6.45, 7) is 2.16. The molecule has 0 aliphatic carbocycles. The molecule has 2 heteroatoms. The summed E-state index contributed by atoms with van der Waals surface area (Å²) in [5, 5.41) is -0.964. The molecule has 1 atom stereocenters. The van der Waals surface area contributed by atoms with Gasteiger partial charge in [-0.1, -0.05) is 25.8 Å². The summed E-state index contributed by atoms with van der Waals surface area (Å²) < 4.78 is 12.0. The number of halogens is 2. The van der Waals surface area contributed by atoms with E-state index in [1.807, 2.05) is 6.08 Å². The van der Waals surface area contributed by atoms with Crippen LogP contribution in [0.15, 0.2) is 12.2 Å². The van der Waals surface area contributed by atoms with Crippen LogP contribution in [0.1, 0.15) is 32.6 Å². The minimum atomic E-state index is -0.964. The van der Waals surface area contributed by atoms with Crippen molar-refractivity contribution in [3.05, 3.63) is 12.2 Å². The quantitative estimate of drug-likeness (QED) is 0.367. The third-order valence-corrected chi connectivity index (χ3v) is 1.56. The highest BCUT2D eigenvalue weighted by Crippen LogP contribution is 2.05. The van der Waals surface area contributed by atoms with Crippen molar-refractivity contribution in [2.75, 3.05) is 0 Å². The highest BCUT2D eigenvalue weighted by Gasteiger charge is 1.88. The third kappa shape index (κ3) is 8.15. The van der Waals surface area contributed by atoms with Crippen LogP contribution in [-0.2, 0) is 0 Å². The molecule has 0 heterocycles. The van der Waals surface area contributed by atoms with Crippen LogP contribution < -0.4 is 0 Å². The zero-order valence-electron chi connectivity index (χ0n) is 6.32. The zero-order chi connectivity index (χ0) is 7.82. The lowest BCUT2D eigenvalue weighted by atomic mass is 10.2. The van der Waals surface area contributed by atoms with E-state index in [2.05, 4.69) is 22.9 Å². The monoisotopic (exact) mass is 208 g/mol. The van der Waals surface area contributed by atoms with E-state index in [0.717, 1.165) is 6.42 Å². The third-order valence-electron chi connectivity index (χ3n) is 1.26. The molecule has 0 aliphatic heterocycles. The number of alkyl halides is 2. The highest BCUT2D eigenvalue weighted by molar-refractivity contribution is 9.09. The summed E-state index contributed by atoms with van der Waals surface area (Å²) in [7, 11) is 0. The SMILES string of the molecule is CCCCCC=CC(F)Br. The van der Waals surface area contributed by atoms with Gasteiger partial charge in [0.25, 0.3) is 0 Å². The maximum absolute atomic E-state index is 12.0. The van der Waals surface area contributed by atoms with Crippen molar-refractivity contribution >= 4 is 15.9 Å². The van der Waals surface area contributed by atoms with Gasteiger partial charge in [-0.05, 0) is 34.8 Å². The van der Waals surface area contributed by atoms with Crippen LogP contribution in [0.25, 0.3) is 0 Å². The zero-order valence-corrected chi connectivity index (χ0v) is 7.90. The molecular formula is C8H14BrF. The van der Waals surface area contributed by atoms with Gasteiger partial charge >= 0.3 is 0 Å². The molecule has 0 saturated carbocycles. The molecule has 60 valence electrons. The van der Waals surface area contributed by atoms with Gasteiger partial charge in [-0.15, -0.1) is 0 Å². The van der Waals surface area contributed by atoms with Crippen molar-refractivity contribution in [1.29, 1.82) is 0 Å². The van der Waals surface area contributed by atoms with Crippen molar-refractivity contribution in [3.63, 3.8) is 0 Å². The van der Waals surface area contributed by atoms with Crippen molar-refractivity contribution in [2.45, 2.75) is 37.7 Å². The van der Waals surface area contributed by atoms with Gasteiger partial charge in [0.1, 0.15) is 0 Å². The van der Waals surface area contributed by atoms with Crippen LogP contribution >= 0.6 is 15.9 Å². The molecule has 0 aromatic carbocycles. The van der Waals surface area contributed by atoms with Crippen LogP contribution in [0.2, 0.25) is 0 Å². The van der Waals surface area contributed by atoms with Crippen molar-refractivity contribution in [2.24, 2.45) is 0 Å². The Morgan fingerprint density at radius 2 is 2.20 bits per heavy atom. The van der Waals surface area contributed by atoms with Crippen LogP contribution in [0.5, 0.6) is 0 Å². The van der Waals surface area contributed by atoms with Gasteiger partial charge in [0.05, 0.1) is 0 Å². The van der Waals surface area contributed by atoms with E-state index in [1.165, 1.54) is 25.3 Å². The molecule has 0 N–H and O–H groups in total. The van der Waals surface area contributed by atoms with Gasteiger partial charge in [-0.2, -0.15) is 0 Å². The van der Waals surface area contributed by atoms with E-state index in [1.54, 1.807) is 0 Å². The normalized spacial score (nSPS) is 14.3. The molecular weight excluding hydrogens is 195 g/mol. The van der Waals surface area contributed by atoms with Crippen LogP contribution in [0.3, 0.4) is 0 Å². The van der Waals surface area contributed by atoms with E-state index in [4.69, 9.17) is 0 Å². The van der Waals surface area contributed by atoms with E-state index < -0.39 is 5.08 Å². The molecule has 0 spiro atoms. The number of rotatable bonds is 5. The Hall–Kier alpha value is 0.150. The van der Waals surface area contributed by atoms with Gasteiger partial charge in [0, 0.05) is 0 Å². The summed E-state index contributed by atoms with van der Waals surface area (Å²) in [6.07, 6.45) is 8.06. The second kappa shape index (κ2) is 7.26. The molecule has 0 radical (unpaired) electrons. The summed E-state index contributed by atoms with van der Waals surface area (Å²) in [6, 6.07) is 0. The second-order valence-corrected chi connectivity index (χ2v) is 3.13. The summed E-state index contributed by atoms with van der Waals surface area (Å²) in [5.41, 5.74) is 0. The lowest BCUT2D eigenvalue weighted by Crippen LogP contribution is -1.77. The molecule has 0 fully saturated rings. The second-order valence-electron chi connectivity index (χ2n) is 2.26. The average molecular weight is 209 g/mol. The van der Waals surface area contributed by atoms with Crippen molar-refractivity contribution in [1.82, 2.24) is 0 Å². The first-order chi connectivity index (χ1) is 4.77. The number of unbranched alkanes of at least 4 members (excludes halogenated alkanes) is 3. The summed E-state index contributed by atoms with van der Waals surface area (Å²) >= 11 is 2.79. The summed E-state index contributed by atoms with van der Waals surface area (Å²) in [5.74, 6) is 0. The van der Waals surface area contributed by atoms with Gasteiger partial charge in [0.15, 0.2) is 5.08 Å². The first kappa shape index (κ1) is 10.2. The van der Waals surface area contributed by atoms with Crippen LogP contribution in [0, 0.1) is 0 Å². The standard InChI is InChI=1S/C8H14BrF/c1-2-3-4-5-6-7-8(9)10/h6-8H,2-5H2,1H3. The molecule has 0 aliphatic rings. The van der Waals surface area contributed by atoms with Gasteiger partial charge in [-0.25, -0.2) is 4.39 Å². The Kier molecular flexibility index (Phi) is 7.37. The molecule has 0 nitrogen and oxygen atoms in total. The molecule has 0 aromatic rings. The fraction of sp³-hybridized carbons (Fsp3) is 0.750. The smallest absolute Gasteiger partial charge is 0.173 e. The van der Waals surface area contributed by atoms with Gasteiger partial charge in [0.2, 0.25) is 0 Å². The molecule has 0 amide bonds. The Labute approximate surface area is 70.6 Å². The largest absolute Gasteiger partial charge is 0.230 e. The molecule has 0 rings (SSSR count). The lowest BCUT2D eigenvalue weighted by molar-refractivity contribution is 0.527. The Morgan fingerprint density at radius 3 is 2.70 bits per heavy atom. The lowest BCUT2D eigenvalue weighted by Gasteiger charge is -1.91. The van der Waals surface area contributed by atoms with Gasteiger partial charge in [-0.3, -0.25) is 0 Å². The molecule has 0 aromatic heterocycles. The molecule has 10 heavy (non-hydrogen) atoms. The Bertz CT molecular complexity index is 89.3. The van der Waals surface area contributed by atoms with Crippen LogP contribution in [0.4, 0.5) is 4.39 Å². The van der Waals surface area contributed by atoms with E-state index >= 15 is 0 Å². The fourth-order valence-corrected chi connectivity index (χ4v) is 0.927. The Morgan fingerprint density at radius 1 is 1.50 bits per heavy atom. The molecule has 1 unspecified atom stereocenters. The first-order valence-corrected chi connectivity index (χ1v) is 4.63. The number of hydrogen-bond donors (Lipinski definition) is 0. The van der Waals surface area contributed by atoms with E-state index in [0.29, 0.717) is 0 Å². The molecule has 0 saturated heterocycles. The minimum absolute atomic E-state index is 0.964. The summed E-state index contributed by atoms with van der Waals surface area (Å²) in [4.78, 5) is 0. The predicted octanol–water partition coefficient (Wildman–Crippen LogP) is 3.81. The van der Waals surface area contributed by atoms with Crippen molar-refractivity contribution in [3.8, 4) is 0 Å². The maximum Gasteiger partial charge on any atom is 0.173 e. The van der Waals surface area contributed by atoms with E-state index in [-0.39, 0.29) is 0 Å². The number of hydrogen-bond acceptors (Lipinski definition) is 0. The van der Waals surface area contributed by atoms with E-state index in [9.17, 15) is 4.39 Å². The topological polar surface area (TPSA) is 0 Å². The minimum Gasteiger partial charge on any atom is -0.230 e. The highest BCUT2D eigenvalue weighted by atomic mass is 79.9. The number of allylic oxidation sites excluding steroid dienone is 2. The van der Waals surface area contributed by atoms with Crippen molar-refractivity contribution < 1.29 is 4.39 Å². The fourth-order valence-electron chi connectivity index (χ4n) is 0.711. The maximum atomic E-state index is 12.0. The first-order valence-electron chi connectivity index (χ1n) is 3.72. The van der Waals surface area contributed by atoms with Crippen LogP contribution in [-0.4, -0.2) is 5.08 Å². The Balaban J connectivity index is 3.02. The predicted molar refractivity (Wildman–Crippen MR) is 47.1 cm³/mol. The van der Waals surface area contributed by atoms with Gasteiger partial charge < -0.3 is 0 Å². The molecule has 0 bridgehead atoms. The average Bonchev–Trinajstić information content (AvgIpc) is 1.87.